The zero-order chi connectivity index (χ0) is 21.0. The third-order valence-electron chi connectivity index (χ3n) is 4.03. The van der Waals surface area contributed by atoms with Gasteiger partial charge in [-0.25, -0.2) is 8.42 Å². The number of sulfonamides is 1. The number of furan rings is 1. The number of nitrogens with one attached hydrogen (secondary N) is 2. The van der Waals surface area contributed by atoms with Crippen LogP contribution in [0.5, 0.6) is 0 Å². The maximum absolute atomic E-state index is 12.3. The monoisotopic (exact) mass is 436 g/mol. The molecule has 1 aliphatic rings. The van der Waals surface area contributed by atoms with E-state index >= 15 is 0 Å². The van der Waals surface area contributed by atoms with Crippen molar-refractivity contribution in [2.75, 3.05) is 31.7 Å². The second-order valence-electron chi connectivity index (χ2n) is 6.85. The number of aliphatic imine (C=N–C) groups is 1. The van der Waals surface area contributed by atoms with Crippen LogP contribution < -0.4 is 10.0 Å². The Morgan fingerprint density at radius 1 is 1.24 bits per heavy atom. The van der Waals surface area contributed by atoms with E-state index in [9.17, 15) is 13.2 Å². The highest BCUT2D eigenvalue weighted by Crippen LogP contribution is 2.29. The van der Waals surface area contributed by atoms with Crippen LogP contribution >= 0.6 is 11.8 Å². The van der Waals surface area contributed by atoms with Crippen molar-refractivity contribution in [3.63, 3.8) is 0 Å². The Morgan fingerprint density at radius 2 is 2.00 bits per heavy atom. The summed E-state index contributed by atoms with van der Waals surface area (Å²) in [5.41, 5.74) is 0.839. The van der Waals surface area contributed by atoms with E-state index in [1.165, 1.54) is 13.0 Å². The molecule has 1 amide bonds. The molecule has 2 N–H and O–H groups in total. The number of amides is 1. The third kappa shape index (κ3) is 5.40. The minimum atomic E-state index is -3.66. The molecule has 8 nitrogen and oxygen atoms in total. The van der Waals surface area contributed by atoms with E-state index in [0.717, 1.165) is 23.8 Å². The maximum atomic E-state index is 12.3. The summed E-state index contributed by atoms with van der Waals surface area (Å²) in [6.45, 7) is 2.57. The molecule has 0 saturated carbocycles. The van der Waals surface area contributed by atoms with Crippen LogP contribution in [0, 0.1) is 0 Å². The molecule has 2 heterocycles. The highest BCUT2D eigenvalue weighted by atomic mass is 32.2. The van der Waals surface area contributed by atoms with Gasteiger partial charge < -0.3 is 14.6 Å². The summed E-state index contributed by atoms with van der Waals surface area (Å²) in [4.78, 5) is 18.0. The first-order chi connectivity index (χ1) is 13.8. The predicted molar refractivity (Wildman–Crippen MR) is 115 cm³/mol. The van der Waals surface area contributed by atoms with Gasteiger partial charge in [0.05, 0.1) is 30.1 Å². The number of hydrogen-bond donors (Lipinski definition) is 2. The van der Waals surface area contributed by atoms with E-state index in [1.54, 1.807) is 23.9 Å². The number of carbonyl (C=O) groups excluding carboxylic acids is 1. The number of amidine groups is 1. The molecule has 29 heavy (non-hydrogen) atoms. The molecule has 0 saturated heterocycles. The highest BCUT2D eigenvalue weighted by Gasteiger charge is 2.33. The number of thioether (sulfide) groups is 1. The summed E-state index contributed by atoms with van der Waals surface area (Å²) in [6.07, 6.45) is 0. The van der Waals surface area contributed by atoms with Gasteiger partial charge in [0.25, 0.3) is 10.0 Å². The number of benzene rings is 1. The van der Waals surface area contributed by atoms with E-state index in [-0.39, 0.29) is 16.6 Å². The van der Waals surface area contributed by atoms with Crippen LogP contribution in [0.1, 0.15) is 24.0 Å². The Kier molecular flexibility index (Phi) is 6.66. The second-order valence-corrected chi connectivity index (χ2v) is 9.61. The molecule has 156 valence electrons. The Labute approximate surface area is 174 Å². The number of fused-ring (bicyclic) bond motifs is 1. The van der Waals surface area contributed by atoms with Crippen molar-refractivity contribution >= 4 is 39.2 Å². The van der Waals surface area contributed by atoms with Gasteiger partial charge in [0.15, 0.2) is 0 Å². The first-order valence-corrected chi connectivity index (χ1v) is 11.7. The SMILES string of the molecule is CC(=O)Nc1cccc2c1C(=NCCSCc1ccc(CN(C)C)o1)NS2(=O)=O. The lowest BCUT2D eigenvalue weighted by Crippen LogP contribution is -2.23. The largest absolute Gasteiger partial charge is 0.464 e. The molecular formula is C19H24N4O4S2. The van der Waals surface area contributed by atoms with Crippen molar-refractivity contribution in [1.82, 2.24) is 9.62 Å². The molecule has 2 aromatic rings. The Balaban J connectivity index is 1.62. The Hall–Kier alpha value is -2.30. The smallest absolute Gasteiger partial charge is 0.263 e. The first kappa shape index (κ1) is 21.4. The van der Waals surface area contributed by atoms with Crippen molar-refractivity contribution in [1.29, 1.82) is 0 Å². The summed E-state index contributed by atoms with van der Waals surface area (Å²) in [7, 11) is 0.314. The molecule has 0 radical (unpaired) electrons. The lowest BCUT2D eigenvalue weighted by molar-refractivity contribution is -0.114. The molecular weight excluding hydrogens is 412 g/mol. The van der Waals surface area contributed by atoms with Crippen molar-refractivity contribution in [2.24, 2.45) is 4.99 Å². The van der Waals surface area contributed by atoms with Gasteiger partial charge in [-0.1, -0.05) is 6.07 Å². The standard InChI is InChI=1S/C19H24N4O4S2/c1-13(24)21-16-5-4-6-17-18(16)19(22-29(17,25)26)20-9-10-28-12-15-8-7-14(27-15)11-23(2)3/h4-8H,9-12H2,1-3H3,(H,20,22)(H,21,24). The van der Waals surface area contributed by atoms with E-state index in [4.69, 9.17) is 4.42 Å². The lowest BCUT2D eigenvalue weighted by atomic mass is 10.1. The molecule has 0 atom stereocenters. The number of anilines is 1. The van der Waals surface area contributed by atoms with Crippen LogP contribution in [0.4, 0.5) is 5.69 Å². The molecule has 0 fully saturated rings. The molecule has 0 bridgehead atoms. The van der Waals surface area contributed by atoms with Gasteiger partial charge in [-0.3, -0.25) is 14.5 Å². The van der Waals surface area contributed by atoms with Crippen molar-refractivity contribution in [3.05, 3.63) is 47.4 Å². The van der Waals surface area contributed by atoms with Gasteiger partial charge in [0.1, 0.15) is 22.3 Å². The summed E-state index contributed by atoms with van der Waals surface area (Å²) >= 11 is 1.66. The number of carbonyl (C=O) groups is 1. The van der Waals surface area contributed by atoms with E-state index in [0.29, 0.717) is 23.5 Å². The summed E-state index contributed by atoms with van der Waals surface area (Å²) in [5, 5.41) is 2.67. The molecule has 0 aliphatic carbocycles. The van der Waals surface area contributed by atoms with Gasteiger partial charge in [-0.15, -0.1) is 0 Å². The van der Waals surface area contributed by atoms with Gasteiger partial charge in [-0.05, 0) is 38.4 Å². The van der Waals surface area contributed by atoms with Gasteiger partial charge >= 0.3 is 0 Å². The molecule has 0 spiro atoms. The fourth-order valence-corrected chi connectivity index (χ4v) is 4.91. The van der Waals surface area contributed by atoms with Gasteiger partial charge in [0, 0.05) is 12.7 Å². The molecule has 1 aliphatic heterocycles. The fourth-order valence-electron chi connectivity index (χ4n) is 2.93. The average molecular weight is 437 g/mol. The van der Waals surface area contributed by atoms with Crippen LogP contribution in [0.15, 0.2) is 44.6 Å². The van der Waals surface area contributed by atoms with E-state index in [1.807, 2.05) is 31.1 Å². The topological polar surface area (TPSA) is 104 Å². The van der Waals surface area contributed by atoms with Crippen LogP contribution in [0.2, 0.25) is 0 Å². The van der Waals surface area contributed by atoms with E-state index < -0.39 is 10.0 Å². The highest BCUT2D eigenvalue weighted by molar-refractivity contribution is 7.98. The number of rotatable bonds is 8. The van der Waals surface area contributed by atoms with Crippen molar-refractivity contribution < 1.29 is 17.6 Å². The van der Waals surface area contributed by atoms with Crippen molar-refractivity contribution in [3.8, 4) is 0 Å². The van der Waals surface area contributed by atoms with Crippen LogP contribution in [-0.4, -0.2) is 51.5 Å². The van der Waals surface area contributed by atoms with E-state index in [2.05, 4.69) is 15.0 Å². The molecule has 3 rings (SSSR count). The third-order valence-corrected chi connectivity index (χ3v) is 6.37. The first-order valence-electron chi connectivity index (χ1n) is 9.04. The van der Waals surface area contributed by atoms with Crippen LogP contribution in [0.3, 0.4) is 0 Å². The minimum absolute atomic E-state index is 0.124. The van der Waals surface area contributed by atoms with Crippen molar-refractivity contribution in [2.45, 2.75) is 24.1 Å². The lowest BCUT2D eigenvalue weighted by Gasteiger charge is -2.07. The summed E-state index contributed by atoms with van der Waals surface area (Å²) in [5.74, 6) is 3.23. The van der Waals surface area contributed by atoms with Gasteiger partial charge in [-0.2, -0.15) is 11.8 Å². The number of nitrogens with zero attached hydrogens (tertiary/aromatic N) is 2. The number of hydrogen-bond acceptors (Lipinski definition) is 7. The minimum Gasteiger partial charge on any atom is -0.464 e. The maximum Gasteiger partial charge on any atom is 0.263 e. The summed E-state index contributed by atoms with van der Waals surface area (Å²) in [6, 6.07) is 8.70. The zero-order valence-corrected chi connectivity index (χ0v) is 18.2. The Morgan fingerprint density at radius 3 is 2.72 bits per heavy atom. The second kappa shape index (κ2) is 9.02. The average Bonchev–Trinajstić information content (AvgIpc) is 3.16. The van der Waals surface area contributed by atoms with Crippen LogP contribution in [0.25, 0.3) is 0 Å². The quantitative estimate of drug-likeness (QED) is 0.615. The normalized spacial score (nSPS) is 16.1. The molecule has 0 unspecified atom stereocenters. The fraction of sp³-hybridized carbons (Fsp3) is 0.368. The predicted octanol–water partition coefficient (Wildman–Crippen LogP) is 2.27. The molecule has 1 aromatic heterocycles. The van der Waals surface area contributed by atoms with Crippen LogP contribution in [-0.2, 0) is 27.1 Å². The van der Waals surface area contributed by atoms with Gasteiger partial charge in [0.2, 0.25) is 5.91 Å². The molecule has 10 heteroatoms. The summed E-state index contributed by atoms with van der Waals surface area (Å²) < 4.78 is 32.9. The molecule has 1 aromatic carbocycles. The zero-order valence-electron chi connectivity index (χ0n) is 16.6. The Bertz CT molecular complexity index is 1030.